The number of nitrogens with zero attached hydrogens (tertiary/aromatic N) is 1. The largest absolute Gasteiger partial charge is 0.508 e. The molecule has 0 bridgehead atoms. The van der Waals surface area contributed by atoms with Gasteiger partial charge in [0.2, 0.25) is 0 Å². The molecule has 2 aliphatic rings. The molecule has 2 aromatic carbocycles. The van der Waals surface area contributed by atoms with Gasteiger partial charge in [0, 0.05) is 17.9 Å². The Balaban J connectivity index is 1.90. The second kappa shape index (κ2) is 4.77. The van der Waals surface area contributed by atoms with Gasteiger partial charge in [0.05, 0.1) is 0 Å². The number of phenols is 1. The molecule has 0 saturated heterocycles. The van der Waals surface area contributed by atoms with Gasteiger partial charge < -0.3 is 10.0 Å². The van der Waals surface area contributed by atoms with Gasteiger partial charge in [-0.3, -0.25) is 0 Å². The molecule has 2 heteroatoms. The van der Waals surface area contributed by atoms with Crippen molar-refractivity contribution in [3.05, 3.63) is 53.1 Å². The summed E-state index contributed by atoms with van der Waals surface area (Å²) in [5.41, 5.74) is 6.53. The van der Waals surface area contributed by atoms with Gasteiger partial charge in [-0.05, 0) is 73.4 Å². The summed E-state index contributed by atoms with van der Waals surface area (Å²) < 4.78 is 0. The number of fused-ring (bicyclic) bond motifs is 1. The van der Waals surface area contributed by atoms with Crippen LogP contribution >= 0.6 is 0 Å². The summed E-state index contributed by atoms with van der Waals surface area (Å²) in [6.45, 7) is 5.26. The van der Waals surface area contributed by atoms with Crippen molar-refractivity contribution in [2.45, 2.75) is 39.5 Å². The van der Waals surface area contributed by atoms with Crippen LogP contribution in [0.15, 0.2) is 36.4 Å². The maximum Gasteiger partial charge on any atom is 0.119 e. The summed E-state index contributed by atoms with van der Waals surface area (Å²) in [4.78, 5) is 2.49. The van der Waals surface area contributed by atoms with E-state index in [2.05, 4.69) is 42.2 Å². The van der Waals surface area contributed by atoms with E-state index in [1.165, 1.54) is 41.8 Å². The van der Waals surface area contributed by atoms with E-state index in [0.717, 1.165) is 18.5 Å². The smallest absolute Gasteiger partial charge is 0.119 e. The first-order chi connectivity index (χ1) is 10.6. The highest BCUT2D eigenvalue weighted by Crippen LogP contribution is 2.52. The van der Waals surface area contributed by atoms with Gasteiger partial charge in [0.25, 0.3) is 0 Å². The second-order valence-corrected chi connectivity index (χ2v) is 7.11. The standard InChI is InChI=1S/C20H23NO/c1-14-15(2)19-16(11-18(14)22)12-20(9-6-10-20)13-21(19)17-7-4-3-5-8-17/h3-5,7-8,11,22H,6,9-10,12-13H2,1-2H3. The molecule has 1 aliphatic heterocycles. The molecule has 22 heavy (non-hydrogen) atoms. The molecule has 2 nitrogen and oxygen atoms in total. The van der Waals surface area contributed by atoms with Crippen LogP contribution in [0.1, 0.15) is 36.0 Å². The zero-order valence-electron chi connectivity index (χ0n) is 13.4. The van der Waals surface area contributed by atoms with Gasteiger partial charge in [-0.2, -0.15) is 0 Å². The first-order valence-corrected chi connectivity index (χ1v) is 8.24. The van der Waals surface area contributed by atoms with Crippen LogP contribution in [0.3, 0.4) is 0 Å². The lowest BCUT2D eigenvalue weighted by molar-refractivity contribution is 0.138. The third kappa shape index (κ3) is 1.93. The average molecular weight is 293 g/mol. The molecule has 1 heterocycles. The molecule has 0 unspecified atom stereocenters. The van der Waals surface area contributed by atoms with Crippen LogP contribution in [0.4, 0.5) is 11.4 Å². The van der Waals surface area contributed by atoms with Crippen LogP contribution in [-0.2, 0) is 6.42 Å². The fraction of sp³-hybridized carbons (Fsp3) is 0.400. The molecule has 0 amide bonds. The van der Waals surface area contributed by atoms with Crippen molar-refractivity contribution in [1.82, 2.24) is 0 Å². The van der Waals surface area contributed by atoms with E-state index in [1.807, 2.05) is 13.0 Å². The summed E-state index contributed by atoms with van der Waals surface area (Å²) in [6.07, 6.45) is 5.07. The Labute approximate surface area is 132 Å². The van der Waals surface area contributed by atoms with Crippen molar-refractivity contribution < 1.29 is 5.11 Å². The minimum Gasteiger partial charge on any atom is -0.508 e. The van der Waals surface area contributed by atoms with Crippen molar-refractivity contribution in [2.75, 3.05) is 11.4 Å². The predicted molar refractivity (Wildman–Crippen MR) is 91.0 cm³/mol. The molecular weight excluding hydrogens is 270 g/mol. The van der Waals surface area contributed by atoms with E-state index < -0.39 is 0 Å². The molecule has 1 spiro atoms. The summed E-state index contributed by atoms with van der Waals surface area (Å²) in [6, 6.07) is 12.7. The van der Waals surface area contributed by atoms with Crippen molar-refractivity contribution in [3.63, 3.8) is 0 Å². The summed E-state index contributed by atoms with van der Waals surface area (Å²) in [5, 5.41) is 10.3. The molecule has 0 aromatic heterocycles. The number of anilines is 2. The van der Waals surface area contributed by atoms with E-state index in [1.54, 1.807) is 0 Å². The van der Waals surface area contributed by atoms with E-state index in [0.29, 0.717) is 11.2 Å². The number of rotatable bonds is 1. The number of phenolic OH excluding ortho intramolecular Hbond substituents is 1. The quantitative estimate of drug-likeness (QED) is 0.810. The van der Waals surface area contributed by atoms with E-state index >= 15 is 0 Å². The lowest BCUT2D eigenvalue weighted by Crippen LogP contribution is -2.46. The van der Waals surface area contributed by atoms with Crippen LogP contribution in [-0.4, -0.2) is 11.7 Å². The van der Waals surface area contributed by atoms with Crippen molar-refractivity contribution >= 4 is 11.4 Å². The number of hydrogen-bond donors (Lipinski definition) is 1. The number of benzene rings is 2. The Morgan fingerprint density at radius 2 is 1.77 bits per heavy atom. The van der Waals surface area contributed by atoms with Crippen LogP contribution in [0.25, 0.3) is 0 Å². The molecule has 114 valence electrons. The zero-order valence-corrected chi connectivity index (χ0v) is 13.4. The fourth-order valence-corrected chi connectivity index (χ4v) is 4.18. The molecule has 4 rings (SSSR count). The predicted octanol–water partition coefficient (Wildman–Crippen LogP) is 4.87. The SMILES string of the molecule is Cc1c(O)cc2c(c1C)N(c1ccccc1)CC1(CCC1)C2. The number of hydrogen-bond acceptors (Lipinski definition) is 2. The van der Waals surface area contributed by atoms with Crippen molar-refractivity contribution in [2.24, 2.45) is 5.41 Å². The monoisotopic (exact) mass is 293 g/mol. The highest BCUT2D eigenvalue weighted by atomic mass is 16.3. The molecular formula is C20H23NO. The Bertz CT molecular complexity index is 716. The summed E-state index contributed by atoms with van der Waals surface area (Å²) >= 11 is 0. The lowest BCUT2D eigenvalue weighted by Gasteiger charge is -2.50. The normalized spacial score (nSPS) is 18.9. The molecule has 0 radical (unpaired) electrons. The van der Waals surface area contributed by atoms with Gasteiger partial charge in [-0.15, -0.1) is 0 Å². The second-order valence-electron chi connectivity index (χ2n) is 7.11. The van der Waals surface area contributed by atoms with Gasteiger partial charge >= 0.3 is 0 Å². The van der Waals surface area contributed by atoms with Gasteiger partial charge in [0.15, 0.2) is 0 Å². The molecule has 1 N–H and O–H groups in total. The maximum atomic E-state index is 10.3. The van der Waals surface area contributed by atoms with Gasteiger partial charge in [-0.25, -0.2) is 0 Å². The zero-order chi connectivity index (χ0) is 15.3. The van der Waals surface area contributed by atoms with Crippen LogP contribution in [0.2, 0.25) is 0 Å². The van der Waals surface area contributed by atoms with Crippen LogP contribution in [0, 0.1) is 19.3 Å². The molecule has 2 aromatic rings. The average Bonchev–Trinajstić information content (AvgIpc) is 2.51. The summed E-state index contributed by atoms with van der Waals surface area (Å²) in [5.74, 6) is 0.445. The molecule has 1 saturated carbocycles. The number of aromatic hydroxyl groups is 1. The Hall–Kier alpha value is -1.96. The van der Waals surface area contributed by atoms with E-state index in [4.69, 9.17) is 0 Å². The molecule has 1 fully saturated rings. The van der Waals surface area contributed by atoms with E-state index in [9.17, 15) is 5.11 Å². The Morgan fingerprint density at radius 3 is 2.41 bits per heavy atom. The summed E-state index contributed by atoms with van der Waals surface area (Å²) in [7, 11) is 0. The third-order valence-electron chi connectivity index (χ3n) is 5.73. The van der Waals surface area contributed by atoms with Crippen molar-refractivity contribution in [1.29, 1.82) is 0 Å². The van der Waals surface area contributed by atoms with E-state index in [-0.39, 0.29) is 0 Å². The Kier molecular flexibility index (Phi) is 2.97. The highest BCUT2D eigenvalue weighted by Gasteiger charge is 2.43. The topological polar surface area (TPSA) is 23.5 Å². The maximum absolute atomic E-state index is 10.3. The molecule has 1 aliphatic carbocycles. The van der Waals surface area contributed by atoms with Gasteiger partial charge in [0.1, 0.15) is 5.75 Å². The van der Waals surface area contributed by atoms with Crippen LogP contribution < -0.4 is 4.90 Å². The first kappa shape index (κ1) is 13.7. The Morgan fingerprint density at radius 1 is 1.05 bits per heavy atom. The fourth-order valence-electron chi connectivity index (χ4n) is 4.18. The third-order valence-corrected chi connectivity index (χ3v) is 5.73. The first-order valence-electron chi connectivity index (χ1n) is 8.24. The lowest BCUT2D eigenvalue weighted by atomic mass is 9.63. The van der Waals surface area contributed by atoms with Crippen LogP contribution in [0.5, 0.6) is 5.75 Å². The minimum absolute atomic E-state index is 0.414. The molecule has 0 atom stereocenters. The number of para-hydroxylation sites is 1. The van der Waals surface area contributed by atoms with Gasteiger partial charge in [-0.1, -0.05) is 24.6 Å². The highest BCUT2D eigenvalue weighted by molar-refractivity contribution is 5.74. The minimum atomic E-state index is 0.414. The van der Waals surface area contributed by atoms with Crippen molar-refractivity contribution in [3.8, 4) is 5.75 Å².